The van der Waals surface area contributed by atoms with Gasteiger partial charge < -0.3 is 10.1 Å². The van der Waals surface area contributed by atoms with Crippen LogP contribution in [0.3, 0.4) is 0 Å². The molecule has 0 bridgehead atoms. The Kier molecular flexibility index (Phi) is 5.10. The van der Waals surface area contributed by atoms with Gasteiger partial charge >= 0.3 is 17.7 Å². The molecule has 30 heavy (non-hydrogen) atoms. The lowest BCUT2D eigenvalue weighted by atomic mass is 9.97. The van der Waals surface area contributed by atoms with Crippen LogP contribution >= 0.6 is 0 Å². The quantitative estimate of drug-likeness (QED) is 0.643. The molecule has 0 aliphatic carbocycles. The van der Waals surface area contributed by atoms with Crippen molar-refractivity contribution in [1.29, 1.82) is 0 Å². The summed E-state index contributed by atoms with van der Waals surface area (Å²) in [7, 11) is 0. The van der Waals surface area contributed by atoms with Crippen LogP contribution in [-0.4, -0.2) is 60.8 Å². The summed E-state index contributed by atoms with van der Waals surface area (Å²) in [4.78, 5) is 39.9. The Hall–Kier alpha value is -3.14. The Labute approximate surface area is 173 Å². The lowest BCUT2D eigenvalue weighted by Crippen LogP contribution is -2.80. The monoisotopic (exact) mass is 413 g/mol. The number of hydrogen-bond donors (Lipinski definition) is 1. The number of amides is 2. The van der Waals surface area contributed by atoms with E-state index in [4.69, 9.17) is 4.74 Å². The van der Waals surface area contributed by atoms with E-state index >= 15 is 0 Å². The number of rotatable bonds is 8. The molecule has 3 heterocycles. The minimum atomic E-state index is -1.29. The molecule has 2 amide bonds. The molecule has 4 rings (SSSR count). The molecule has 3 atom stereocenters. The number of tetrazole rings is 1. The molecule has 10 heteroatoms. The summed E-state index contributed by atoms with van der Waals surface area (Å²) < 4.78 is 5.46. The number of hydrogen-bond acceptors (Lipinski definition) is 7. The van der Waals surface area contributed by atoms with Crippen molar-refractivity contribution in [3.8, 4) is 0 Å². The van der Waals surface area contributed by atoms with Crippen molar-refractivity contribution < 1.29 is 23.6 Å². The molecule has 2 fully saturated rings. The lowest BCUT2D eigenvalue weighted by Gasteiger charge is -2.50. The minimum Gasteiger partial charge on any atom is -0.353 e. The second-order valence-corrected chi connectivity index (χ2v) is 8.22. The Morgan fingerprint density at radius 1 is 1.30 bits per heavy atom. The van der Waals surface area contributed by atoms with Crippen molar-refractivity contribution in [3.63, 3.8) is 0 Å². The van der Waals surface area contributed by atoms with Gasteiger partial charge in [0, 0.05) is 12.0 Å². The highest BCUT2D eigenvalue weighted by molar-refractivity contribution is 5.95. The van der Waals surface area contributed by atoms with Crippen LogP contribution in [0.5, 0.6) is 0 Å². The molecule has 1 N–H and O–H groups in total. The van der Waals surface area contributed by atoms with Gasteiger partial charge in [0.2, 0.25) is 0 Å². The third kappa shape index (κ3) is 3.17. The van der Waals surface area contributed by atoms with E-state index in [1.165, 1.54) is 11.1 Å². The average Bonchev–Trinajstić information content (AvgIpc) is 3.33. The Balaban J connectivity index is 1.54. The second kappa shape index (κ2) is 7.60. The van der Waals surface area contributed by atoms with Crippen molar-refractivity contribution in [2.24, 2.45) is 5.92 Å². The Bertz CT molecular complexity index is 947. The van der Waals surface area contributed by atoms with Crippen molar-refractivity contribution >= 4 is 17.8 Å². The van der Waals surface area contributed by atoms with Crippen LogP contribution in [0.4, 0.5) is 4.79 Å². The van der Waals surface area contributed by atoms with E-state index in [1.807, 2.05) is 44.2 Å². The first-order valence-electron chi connectivity index (χ1n) is 10.1. The van der Waals surface area contributed by atoms with E-state index in [0.717, 1.165) is 5.56 Å². The van der Waals surface area contributed by atoms with E-state index in [9.17, 15) is 14.4 Å². The van der Waals surface area contributed by atoms with Gasteiger partial charge in [0.15, 0.2) is 12.1 Å². The average molecular weight is 413 g/mol. The zero-order valence-corrected chi connectivity index (χ0v) is 17.0. The first-order valence-corrected chi connectivity index (χ1v) is 10.1. The molecule has 2 saturated heterocycles. The summed E-state index contributed by atoms with van der Waals surface area (Å²) >= 11 is 0. The van der Waals surface area contributed by atoms with E-state index in [2.05, 4.69) is 20.7 Å². The molecular weight excluding hydrogens is 388 g/mol. The number of ketones is 1. The largest absolute Gasteiger partial charge is 0.525 e. The van der Waals surface area contributed by atoms with Gasteiger partial charge in [-0.3, -0.25) is 9.59 Å². The van der Waals surface area contributed by atoms with Crippen molar-refractivity contribution in [2.75, 3.05) is 6.54 Å². The molecule has 158 valence electrons. The van der Waals surface area contributed by atoms with Gasteiger partial charge in [0.1, 0.15) is 13.1 Å². The third-order valence-electron chi connectivity index (χ3n) is 5.99. The summed E-state index contributed by atoms with van der Waals surface area (Å²) in [5, 5.41) is 14.0. The van der Waals surface area contributed by atoms with Gasteiger partial charge in [0.05, 0.1) is 19.0 Å². The number of carbonyl (C=O) groups is 3. The summed E-state index contributed by atoms with van der Waals surface area (Å²) in [5.41, 5.74) is -0.326. The molecule has 0 spiro atoms. The number of nitrogens with zero attached hydrogens (tertiary/aromatic N) is 5. The maximum Gasteiger partial charge on any atom is 0.525 e. The molecule has 0 saturated carbocycles. The fourth-order valence-corrected chi connectivity index (χ4v) is 4.45. The second-order valence-electron chi connectivity index (χ2n) is 8.22. The number of ether oxygens (including phenoxy) is 1. The highest BCUT2D eigenvalue weighted by Gasteiger charge is 2.77. The molecule has 2 aliphatic heterocycles. The Morgan fingerprint density at radius 3 is 2.70 bits per heavy atom. The topological polar surface area (TPSA) is 116 Å². The molecular formula is C20H25N6O4+. The zero-order chi connectivity index (χ0) is 21.4. The van der Waals surface area contributed by atoms with Crippen molar-refractivity contribution in [1.82, 2.24) is 25.5 Å². The number of aromatic nitrogens is 4. The molecule has 0 radical (unpaired) electrons. The van der Waals surface area contributed by atoms with Crippen LogP contribution in [0.1, 0.15) is 32.3 Å². The van der Waals surface area contributed by atoms with Crippen LogP contribution in [0.15, 0.2) is 36.7 Å². The molecule has 2 unspecified atom stereocenters. The van der Waals surface area contributed by atoms with Gasteiger partial charge in [-0.25, -0.2) is 0 Å². The summed E-state index contributed by atoms with van der Waals surface area (Å²) in [6, 6.07) is 8.84. The number of benzene rings is 1. The lowest BCUT2D eigenvalue weighted by molar-refractivity contribution is -0.968. The van der Waals surface area contributed by atoms with Gasteiger partial charge in [-0.05, 0) is 11.1 Å². The first kappa shape index (κ1) is 20.1. The highest BCUT2D eigenvalue weighted by Crippen LogP contribution is 2.49. The van der Waals surface area contributed by atoms with E-state index in [1.54, 1.807) is 0 Å². The molecule has 1 aromatic heterocycles. The molecule has 2 aliphatic rings. The fourth-order valence-electron chi connectivity index (χ4n) is 4.45. The standard InChI is InChI=1S/C20H24N6O4/c1-14(2)17(16(27)11-25-22-13-21-24-25)23-18(28)20-9-6-10-26(20,19(29)30-20)12-15-7-4-3-5-8-15/h3-5,7-8,13-14,17H,6,9-12H2,1-2H3/p+1/t17?,20-,26?/m0/s1. The normalized spacial score (nSPS) is 25.9. The molecule has 2 aromatic rings. The minimum absolute atomic E-state index is 0.0630. The third-order valence-corrected chi connectivity index (χ3v) is 5.99. The van der Waals surface area contributed by atoms with Gasteiger partial charge in [-0.2, -0.15) is 14.1 Å². The number of Topliss-reactive ketones (excluding diaryl/α,β-unsaturated/α-hetero) is 1. The summed E-state index contributed by atoms with van der Waals surface area (Å²) in [6.45, 7) is 4.52. The SMILES string of the molecule is CC(C)C(NC(=O)[C@@]12CCC[N+]1(Cc1ccccc1)C(=O)O2)C(=O)Cn1ncnn1. The van der Waals surface area contributed by atoms with Crippen LogP contribution in [-0.2, 0) is 27.4 Å². The van der Waals surface area contributed by atoms with Crippen molar-refractivity contribution in [3.05, 3.63) is 42.2 Å². The number of fused-ring (bicyclic) bond motifs is 1. The number of nitrogens with one attached hydrogen (secondary N) is 1. The molecule has 10 nitrogen and oxygen atoms in total. The maximum absolute atomic E-state index is 13.4. The highest BCUT2D eigenvalue weighted by atomic mass is 16.7. The number of quaternary nitrogens is 1. The maximum atomic E-state index is 13.4. The summed E-state index contributed by atoms with van der Waals surface area (Å²) in [5.74, 6) is -0.818. The first-order chi connectivity index (χ1) is 14.4. The van der Waals surface area contributed by atoms with Gasteiger partial charge in [-0.15, -0.1) is 10.2 Å². The van der Waals surface area contributed by atoms with E-state index in [0.29, 0.717) is 25.9 Å². The van der Waals surface area contributed by atoms with Crippen molar-refractivity contribution in [2.45, 2.75) is 51.5 Å². The Morgan fingerprint density at radius 2 is 2.07 bits per heavy atom. The van der Waals surface area contributed by atoms with Gasteiger partial charge in [-0.1, -0.05) is 44.2 Å². The molecule has 1 aromatic carbocycles. The zero-order valence-electron chi connectivity index (χ0n) is 17.0. The van der Waals surface area contributed by atoms with Crippen LogP contribution in [0.25, 0.3) is 0 Å². The van der Waals surface area contributed by atoms with Crippen LogP contribution < -0.4 is 5.32 Å². The smallest absolute Gasteiger partial charge is 0.353 e. The van der Waals surface area contributed by atoms with E-state index < -0.39 is 23.8 Å². The predicted octanol–water partition coefficient (Wildman–Crippen LogP) is 1.04. The van der Waals surface area contributed by atoms with Crippen LogP contribution in [0.2, 0.25) is 0 Å². The van der Waals surface area contributed by atoms with E-state index in [-0.39, 0.29) is 22.7 Å². The van der Waals surface area contributed by atoms with Gasteiger partial charge in [0.25, 0.3) is 0 Å². The summed E-state index contributed by atoms with van der Waals surface area (Å²) in [6.07, 6.45) is 1.97. The fraction of sp³-hybridized carbons (Fsp3) is 0.500. The number of carbonyl (C=O) groups excluding carboxylic acids is 3. The predicted molar refractivity (Wildman–Crippen MR) is 103 cm³/mol. The van der Waals surface area contributed by atoms with Crippen LogP contribution in [0, 0.1) is 5.92 Å².